The molecule has 2 aromatic heterocycles. The average molecular weight is 288 g/mol. The van der Waals surface area contributed by atoms with Crippen LogP contribution in [0.3, 0.4) is 0 Å². The van der Waals surface area contributed by atoms with Gasteiger partial charge in [0, 0.05) is 44.0 Å². The fourth-order valence-corrected chi connectivity index (χ4v) is 2.11. The standard InChI is InChI=1S/C15H24N6/c1-4-13-19-14(16-5-2)12(3)15(20-13)17-8-6-10-21-11-7-9-18-21/h7,9,11H,4-6,8,10H2,1-3H3,(H2,16,17,19,20). The van der Waals surface area contributed by atoms with Gasteiger partial charge in [-0.3, -0.25) is 4.68 Å². The summed E-state index contributed by atoms with van der Waals surface area (Å²) in [5.74, 6) is 2.73. The molecule has 114 valence electrons. The SMILES string of the molecule is CCNc1nc(CC)nc(NCCCn2cccn2)c1C. The lowest BCUT2D eigenvalue weighted by Gasteiger charge is -2.14. The summed E-state index contributed by atoms with van der Waals surface area (Å²) in [6.45, 7) is 8.83. The van der Waals surface area contributed by atoms with Crippen LogP contribution >= 0.6 is 0 Å². The van der Waals surface area contributed by atoms with Gasteiger partial charge in [-0.2, -0.15) is 5.10 Å². The van der Waals surface area contributed by atoms with Crippen molar-refractivity contribution in [3.63, 3.8) is 0 Å². The summed E-state index contributed by atoms with van der Waals surface area (Å²) in [4.78, 5) is 9.12. The Morgan fingerprint density at radius 2 is 1.90 bits per heavy atom. The van der Waals surface area contributed by atoms with Crippen molar-refractivity contribution in [1.29, 1.82) is 0 Å². The number of nitrogens with one attached hydrogen (secondary N) is 2. The van der Waals surface area contributed by atoms with Crippen LogP contribution in [0.1, 0.15) is 31.7 Å². The van der Waals surface area contributed by atoms with Gasteiger partial charge in [0.1, 0.15) is 17.5 Å². The van der Waals surface area contributed by atoms with Crippen LogP contribution in [0.5, 0.6) is 0 Å². The molecule has 0 aliphatic carbocycles. The largest absolute Gasteiger partial charge is 0.370 e. The van der Waals surface area contributed by atoms with Crippen molar-refractivity contribution in [2.24, 2.45) is 0 Å². The maximum atomic E-state index is 4.58. The molecule has 0 atom stereocenters. The molecule has 2 rings (SSSR count). The van der Waals surface area contributed by atoms with Gasteiger partial charge in [-0.15, -0.1) is 0 Å². The summed E-state index contributed by atoms with van der Waals surface area (Å²) in [6.07, 6.45) is 5.62. The van der Waals surface area contributed by atoms with Crippen molar-refractivity contribution in [3.05, 3.63) is 29.8 Å². The van der Waals surface area contributed by atoms with Crippen molar-refractivity contribution in [2.75, 3.05) is 23.7 Å². The van der Waals surface area contributed by atoms with E-state index in [0.29, 0.717) is 0 Å². The highest BCUT2D eigenvalue weighted by molar-refractivity contribution is 5.57. The molecule has 0 saturated heterocycles. The van der Waals surface area contributed by atoms with E-state index in [1.54, 1.807) is 6.20 Å². The van der Waals surface area contributed by atoms with Crippen molar-refractivity contribution < 1.29 is 0 Å². The van der Waals surface area contributed by atoms with Crippen LogP contribution < -0.4 is 10.6 Å². The zero-order valence-electron chi connectivity index (χ0n) is 13.1. The Morgan fingerprint density at radius 3 is 2.52 bits per heavy atom. The fourth-order valence-electron chi connectivity index (χ4n) is 2.11. The van der Waals surface area contributed by atoms with Gasteiger partial charge in [0.05, 0.1) is 0 Å². The van der Waals surface area contributed by atoms with Gasteiger partial charge in [-0.25, -0.2) is 9.97 Å². The van der Waals surface area contributed by atoms with Gasteiger partial charge in [-0.05, 0) is 26.3 Å². The molecule has 0 aliphatic heterocycles. The van der Waals surface area contributed by atoms with Crippen LogP contribution in [0.25, 0.3) is 0 Å². The van der Waals surface area contributed by atoms with E-state index < -0.39 is 0 Å². The highest BCUT2D eigenvalue weighted by Crippen LogP contribution is 2.20. The second kappa shape index (κ2) is 7.61. The first-order valence-electron chi connectivity index (χ1n) is 7.57. The van der Waals surface area contributed by atoms with Crippen molar-refractivity contribution in [1.82, 2.24) is 19.7 Å². The van der Waals surface area contributed by atoms with Crippen LogP contribution in [0.4, 0.5) is 11.6 Å². The second-order valence-electron chi connectivity index (χ2n) is 4.90. The minimum Gasteiger partial charge on any atom is -0.370 e. The average Bonchev–Trinajstić information content (AvgIpc) is 3.00. The smallest absolute Gasteiger partial charge is 0.134 e. The number of hydrogen-bond donors (Lipinski definition) is 2. The Labute approximate surface area is 126 Å². The first kappa shape index (κ1) is 15.3. The highest BCUT2D eigenvalue weighted by Gasteiger charge is 2.09. The molecule has 0 saturated carbocycles. The number of aryl methyl sites for hydroxylation is 2. The summed E-state index contributed by atoms with van der Waals surface area (Å²) in [5, 5.41) is 10.9. The number of nitrogens with zero attached hydrogens (tertiary/aromatic N) is 4. The van der Waals surface area contributed by atoms with E-state index >= 15 is 0 Å². The van der Waals surface area contributed by atoms with Crippen LogP contribution in [-0.4, -0.2) is 32.8 Å². The lowest BCUT2D eigenvalue weighted by molar-refractivity contribution is 0.591. The van der Waals surface area contributed by atoms with E-state index in [2.05, 4.69) is 39.5 Å². The van der Waals surface area contributed by atoms with Gasteiger partial charge in [0.25, 0.3) is 0 Å². The van der Waals surface area contributed by atoms with E-state index in [1.165, 1.54) is 0 Å². The zero-order chi connectivity index (χ0) is 15.1. The molecule has 21 heavy (non-hydrogen) atoms. The van der Waals surface area contributed by atoms with Crippen molar-refractivity contribution >= 4 is 11.6 Å². The lowest BCUT2D eigenvalue weighted by atomic mass is 10.2. The quantitative estimate of drug-likeness (QED) is 0.730. The minimum atomic E-state index is 0.834. The van der Waals surface area contributed by atoms with E-state index in [9.17, 15) is 0 Å². The van der Waals surface area contributed by atoms with Gasteiger partial charge in [0.2, 0.25) is 0 Å². The Balaban J connectivity index is 1.96. The molecule has 0 aliphatic rings. The topological polar surface area (TPSA) is 67.7 Å². The summed E-state index contributed by atoms with van der Waals surface area (Å²) < 4.78 is 1.94. The second-order valence-corrected chi connectivity index (χ2v) is 4.90. The highest BCUT2D eigenvalue weighted by atomic mass is 15.3. The number of anilines is 2. The molecule has 2 aromatic rings. The van der Waals surface area contributed by atoms with E-state index in [-0.39, 0.29) is 0 Å². The number of hydrogen-bond acceptors (Lipinski definition) is 5. The Hall–Kier alpha value is -2.11. The minimum absolute atomic E-state index is 0.834. The monoisotopic (exact) mass is 288 g/mol. The molecule has 6 heteroatoms. The van der Waals surface area contributed by atoms with E-state index in [1.807, 2.05) is 23.9 Å². The summed E-state index contributed by atoms with van der Waals surface area (Å²) in [5.41, 5.74) is 1.08. The summed E-state index contributed by atoms with van der Waals surface area (Å²) in [6, 6.07) is 1.94. The maximum absolute atomic E-state index is 4.58. The van der Waals surface area contributed by atoms with Gasteiger partial charge in [0.15, 0.2) is 0 Å². The number of aromatic nitrogens is 4. The van der Waals surface area contributed by atoms with Gasteiger partial charge < -0.3 is 10.6 Å². The molecule has 2 heterocycles. The van der Waals surface area contributed by atoms with Gasteiger partial charge in [-0.1, -0.05) is 6.92 Å². The Morgan fingerprint density at radius 1 is 1.14 bits per heavy atom. The molecule has 0 aromatic carbocycles. The molecule has 2 N–H and O–H groups in total. The zero-order valence-corrected chi connectivity index (χ0v) is 13.1. The van der Waals surface area contributed by atoms with E-state index in [4.69, 9.17) is 0 Å². The van der Waals surface area contributed by atoms with Crippen LogP contribution in [-0.2, 0) is 13.0 Å². The van der Waals surface area contributed by atoms with Crippen LogP contribution in [0.2, 0.25) is 0 Å². The maximum Gasteiger partial charge on any atom is 0.134 e. The van der Waals surface area contributed by atoms with Gasteiger partial charge >= 0.3 is 0 Å². The van der Waals surface area contributed by atoms with Crippen molar-refractivity contribution in [2.45, 2.75) is 40.2 Å². The molecule has 0 amide bonds. The first-order chi connectivity index (χ1) is 10.2. The molecular weight excluding hydrogens is 264 g/mol. The third-order valence-electron chi connectivity index (χ3n) is 3.27. The molecule has 6 nitrogen and oxygen atoms in total. The molecule has 0 fully saturated rings. The lowest BCUT2D eigenvalue weighted by Crippen LogP contribution is -2.13. The van der Waals surface area contributed by atoms with Crippen LogP contribution in [0, 0.1) is 6.92 Å². The Bertz CT molecular complexity index is 550. The summed E-state index contributed by atoms with van der Waals surface area (Å²) >= 11 is 0. The third kappa shape index (κ3) is 4.18. The molecule has 0 unspecified atom stereocenters. The molecule has 0 radical (unpaired) electrons. The predicted octanol–water partition coefficient (Wildman–Crippen LogP) is 2.48. The van der Waals surface area contributed by atoms with Crippen LogP contribution in [0.15, 0.2) is 18.5 Å². The molecular formula is C15H24N6. The molecule has 0 bridgehead atoms. The third-order valence-corrected chi connectivity index (χ3v) is 3.27. The molecule has 0 spiro atoms. The normalized spacial score (nSPS) is 10.6. The van der Waals surface area contributed by atoms with E-state index in [0.717, 1.165) is 55.5 Å². The predicted molar refractivity (Wildman–Crippen MR) is 85.6 cm³/mol. The Kier molecular flexibility index (Phi) is 5.54. The fraction of sp³-hybridized carbons (Fsp3) is 0.533. The number of rotatable bonds is 8. The first-order valence-corrected chi connectivity index (χ1v) is 7.57. The van der Waals surface area contributed by atoms with Crippen molar-refractivity contribution in [3.8, 4) is 0 Å². The summed E-state index contributed by atoms with van der Waals surface area (Å²) in [7, 11) is 0.